The van der Waals surface area contributed by atoms with Gasteiger partial charge in [-0.05, 0) is 0 Å². The third-order valence-electron chi connectivity index (χ3n) is 7.86. The van der Waals surface area contributed by atoms with Gasteiger partial charge in [0, 0.05) is 0 Å². The molecule has 0 bridgehead atoms. The van der Waals surface area contributed by atoms with Crippen LogP contribution in [0, 0.1) is 0 Å². The standard InChI is InChI=1S/2C13H13.C2H6Si.Hf/c2*1-9-7-11-3-2-4-12(10-5-6-10)13(11)8-9;1-3-2;/h2*2-4,7-8,10H,5-6H2,1H3;1-2H3;. The van der Waals surface area contributed by atoms with Gasteiger partial charge in [0.15, 0.2) is 0 Å². The van der Waals surface area contributed by atoms with Crippen LogP contribution in [-0.4, -0.2) is 5.49 Å². The first-order valence-electron chi connectivity index (χ1n) is 11.8. The molecule has 2 aromatic carbocycles. The second-order valence-corrected chi connectivity index (χ2v) is 35.3. The predicted molar refractivity (Wildman–Crippen MR) is 127 cm³/mol. The molecule has 152 valence electrons. The van der Waals surface area contributed by atoms with Gasteiger partial charge < -0.3 is 0 Å². The van der Waals surface area contributed by atoms with Crippen LogP contribution in [0.5, 0.6) is 0 Å². The van der Waals surface area contributed by atoms with E-state index in [-0.39, 0.29) is 5.49 Å². The Hall–Kier alpha value is -0.993. The molecule has 0 nitrogen and oxygen atoms in total. The first-order valence-corrected chi connectivity index (χ1v) is 23.9. The molecule has 30 heavy (non-hydrogen) atoms. The maximum atomic E-state index is 2.65. The zero-order chi connectivity index (χ0) is 20.6. The quantitative estimate of drug-likeness (QED) is 0.325. The van der Waals surface area contributed by atoms with Crippen LogP contribution in [-0.2, 0) is 20.1 Å². The Morgan fingerprint density at radius 3 is 1.43 bits per heavy atom. The summed E-state index contributed by atoms with van der Waals surface area (Å²) < 4.78 is 1.60. The van der Waals surface area contributed by atoms with Gasteiger partial charge in [0.2, 0.25) is 0 Å². The second kappa shape index (κ2) is 7.27. The van der Waals surface area contributed by atoms with Crippen molar-refractivity contribution in [3.63, 3.8) is 0 Å². The summed E-state index contributed by atoms with van der Waals surface area (Å²) >= 11 is -2.07. The van der Waals surface area contributed by atoms with E-state index in [1.165, 1.54) is 25.7 Å². The van der Waals surface area contributed by atoms with E-state index in [0.717, 1.165) is 19.2 Å². The van der Waals surface area contributed by atoms with Gasteiger partial charge in [-0.3, -0.25) is 0 Å². The first kappa shape index (κ1) is 19.7. The third-order valence-corrected chi connectivity index (χ3v) is 36.2. The number of rotatable bonds is 4. The summed E-state index contributed by atoms with van der Waals surface area (Å²) in [5, 5.41) is 0. The van der Waals surface area contributed by atoms with Crippen LogP contribution in [0.3, 0.4) is 0 Å². The van der Waals surface area contributed by atoms with Crippen molar-refractivity contribution in [2.75, 3.05) is 0 Å². The summed E-state index contributed by atoms with van der Waals surface area (Å²) in [5.41, 5.74) is 13.2. The van der Waals surface area contributed by atoms with E-state index < -0.39 is 20.1 Å². The molecule has 0 heterocycles. The average Bonchev–Trinajstić information content (AvgIpc) is 3.63. The molecule has 4 aliphatic rings. The van der Waals surface area contributed by atoms with Crippen molar-refractivity contribution in [1.29, 1.82) is 0 Å². The molecule has 2 atom stereocenters. The van der Waals surface area contributed by atoms with Crippen molar-refractivity contribution in [3.05, 3.63) is 80.9 Å². The molecule has 2 heteroatoms. The molecule has 6 rings (SSSR count). The zero-order valence-corrected chi connectivity index (χ0v) is 23.3. The van der Waals surface area contributed by atoms with Crippen LogP contribution in [0.4, 0.5) is 0 Å². The fourth-order valence-electron chi connectivity index (χ4n) is 6.22. The van der Waals surface area contributed by atoms with Gasteiger partial charge >= 0.3 is 190 Å². The fraction of sp³-hybridized carbons (Fsp3) is 0.429. The van der Waals surface area contributed by atoms with Crippen molar-refractivity contribution in [3.8, 4) is 0 Å². The normalized spacial score (nSPS) is 24.3. The molecule has 0 spiro atoms. The van der Waals surface area contributed by atoms with Crippen molar-refractivity contribution >= 4 is 17.6 Å². The molecule has 0 amide bonds. The molecular formula is C28H32HfSi. The number of benzene rings is 2. The van der Waals surface area contributed by atoms with Crippen molar-refractivity contribution in [2.45, 2.75) is 71.8 Å². The van der Waals surface area contributed by atoms with Crippen LogP contribution in [0.1, 0.15) is 92.1 Å². The van der Waals surface area contributed by atoms with Crippen LogP contribution in [0.2, 0.25) is 13.1 Å². The van der Waals surface area contributed by atoms with Crippen molar-refractivity contribution in [2.24, 2.45) is 0 Å². The summed E-state index contributed by atoms with van der Waals surface area (Å²) in [7, 11) is 0. The average molecular weight is 575 g/mol. The Morgan fingerprint density at radius 1 is 0.667 bits per heavy atom. The molecule has 4 aliphatic carbocycles. The second-order valence-electron chi connectivity index (χ2n) is 10.3. The number of hydrogen-bond donors (Lipinski definition) is 0. The van der Waals surface area contributed by atoms with Crippen LogP contribution < -0.4 is 0 Å². The summed E-state index contributed by atoms with van der Waals surface area (Å²) in [6.07, 6.45) is 10.8. The van der Waals surface area contributed by atoms with Gasteiger partial charge in [-0.15, -0.1) is 0 Å². The Morgan fingerprint density at radius 2 is 1.07 bits per heavy atom. The van der Waals surface area contributed by atoms with Crippen LogP contribution >= 0.6 is 0 Å². The molecule has 2 aromatic rings. The summed E-state index contributed by atoms with van der Waals surface area (Å²) in [6.45, 7) is 10.2. The van der Waals surface area contributed by atoms with E-state index >= 15 is 0 Å². The van der Waals surface area contributed by atoms with Crippen LogP contribution in [0.15, 0.2) is 47.5 Å². The molecule has 0 aromatic heterocycles. The fourth-order valence-corrected chi connectivity index (χ4v) is 35.6. The van der Waals surface area contributed by atoms with Crippen molar-refractivity contribution < 1.29 is 20.1 Å². The minimum atomic E-state index is -2.07. The van der Waals surface area contributed by atoms with Gasteiger partial charge in [-0.1, -0.05) is 0 Å². The monoisotopic (exact) mass is 576 g/mol. The van der Waals surface area contributed by atoms with E-state index in [4.69, 9.17) is 0 Å². The van der Waals surface area contributed by atoms with Crippen LogP contribution in [0.25, 0.3) is 12.2 Å². The Bertz CT molecular complexity index is 1070. The number of hydrogen-bond acceptors (Lipinski definition) is 0. The summed E-state index contributed by atoms with van der Waals surface area (Å²) in [4.78, 5) is 0. The zero-order valence-electron chi connectivity index (χ0n) is 18.8. The maximum absolute atomic E-state index is 2.65. The molecule has 0 aliphatic heterocycles. The van der Waals surface area contributed by atoms with Gasteiger partial charge in [0.25, 0.3) is 0 Å². The summed E-state index contributed by atoms with van der Waals surface area (Å²) in [6, 6.07) is 14.6. The van der Waals surface area contributed by atoms with E-state index in [9.17, 15) is 0 Å². The molecule has 2 fully saturated rings. The molecule has 0 N–H and O–H groups in total. The molecule has 0 saturated heterocycles. The predicted octanol–water partition coefficient (Wildman–Crippen LogP) is 7.93. The van der Waals surface area contributed by atoms with E-state index in [0.29, 0.717) is 0 Å². The van der Waals surface area contributed by atoms with E-state index in [1.54, 1.807) is 44.5 Å². The van der Waals surface area contributed by atoms with Gasteiger partial charge in [-0.2, -0.15) is 0 Å². The summed E-state index contributed by atoms with van der Waals surface area (Å²) in [5.74, 6) is 1.69. The van der Waals surface area contributed by atoms with Gasteiger partial charge in [0.05, 0.1) is 0 Å². The minimum absolute atomic E-state index is 0.290. The van der Waals surface area contributed by atoms with Crippen molar-refractivity contribution in [1.82, 2.24) is 0 Å². The number of fused-ring (bicyclic) bond motifs is 2. The van der Waals surface area contributed by atoms with Gasteiger partial charge in [-0.25, -0.2) is 0 Å². The molecule has 2 unspecified atom stereocenters. The molecular weight excluding hydrogens is 543 g/mol. The third kappa shape index (κ3) is 3.08. The SMILES string of the molecule is CC1=Cc2c(C3CC3)cccc2[CH]1[Hf]([CH]1C(C)=Cc2c(C3CC3)cccc21)=[Si](C)C. The van der Waals surface area contributed by atoms with Gasteiger partial charge in [0.1, 0.15) is 0 Å². The van der Waals surface area contributed by atoms with E-state index in [2.05, 4.69) is 75.5 Å². The Labute approximate surface area is 189 Å². The topological polar surface area (TPSA) is 0 Å². The molecule has 2 saturated carbocycles. The number of allylic oxidation sites excluding steroid dienone is 2. The van der Waals surface area contributed by atoms with E-state index in [1.807, 2.05) is 0 Å². The first-order chi connectivity index (χ1) is 14.5. The molecule has 0 radical (unpaired) electrons. The Balaban J connectivity index is 1.49. The Kier molecular flexibility index (Phi) is 4.77.